The van der Waals surface area contributed by atoms with Crippen molar-refractivity contribution in [2.45, 2.75) is 79.6 Å². The Morgan fingerprint density at radius 2 is 1.71 bits per heavy atom. The zero-order valence-corrected chi connectivity index (χ0v) is 15.3. The molecule has 21 heavy (non-hydrogen) atoms. The number of hydrogen-bond donors (Lipinski definition) is 1. The van der Waals surface area contributed by atoms with Crippen LogP contribution in [0.4, 0.5) is 0 Å². The number of hydrogen-bond acceptors (Lipinski definition) is 1. The third-order valence-corrected chi connectivity index (χ3v) is 6.21. The van der Waals surface area contributed by atoms with Crippen LogP contribution in [0.25, 0.3) is 0 Å². The highest BCUT2D eigenvalue weighted by Crippen LogP contribution is 2.48. The van der Waals surface area contributed by atoms with Crippen molar-refractivity contribution in [2.24, 2.45) is 35.0 Å². The van der Waals surface area contributed by atoms with Gasteiger partial charge in [-0.2, -0.15) is 0 Å². The molecule has 0 aromatic heterocycles. The fraction of sp³-hybridized carbons (Fsp3) is 1.00. The van der Waals surface area contributed by atoms with E-state index in [0.717, 1.165) is 29.6 Å². The van der Waals surface area contributed by atoms with Crippen LogP contribution in [-0.4, -0.2) is 13.1 Å². The summed E-state index contributed by atoms with van der Waals surface area (Å²) in [6.45, 7) is 14.5. The van der Waals surface area contributed by atoms with Gasteiger partial charge in [-0.05, 0) is 80.2 Å². The number of nitrogens with one attached hydrogen (secondary N) is 1. The molecule has 1 N–H and O–H groups in total. The minimum Gasteiger partial charge on any atom is -0.316 e. The van der Waals surface area contributed by atoms with Crippen molar-refractivity contribution in [3.05, 3.63) is 0 Å². The van der Waals surface area contributed by atoms with Crippen LogP contribution >= 0.6 is 0 Å². The Labute approximate surface area is 133 Å². The lowest BCUT2D eigenvalue weighted by Crippen LogP contribution is -2.40. The largest absolute Gasteiger partial charge is 0.316 e. The van der Waals surface area contributed by atoms with E-state index in [1.54, 1.807) is 0 Å². The monoisotopic (exact) mass is 293 g/mol. The van der Waals surface area contributed by atoms with E-state index < -0.39 is 0 Å². The highest BCUT2D eigenvalue weighted by Gasteiger charge is 2.39. The standard InChI is InChI=1S/C20H39N/c1-15(2)13-21-14-18-10-11-20(4,5)12-19(18)17-8-6-16(3)7-9-17/h15-19,21H,6-14H2,1-5H3. The Hall–Kier alpha value is -0.0400. The quantitative estimate of drug-likeness (QED) is 0.705. The smallest absolute Gasteiger partial charge is 0.00176 e. The van der Waals surface area contributed by atoms with Crippen molar-refractivity contribution in [1.29, 1.82) is 0 Å². The van der Waals surface area contributed by atoms with Crippen LogP contribution in [0.1, 0.15) is 79.6 Å². The lowest BCUT2D eigenvalue weighted by molar-refractivity contribution is 0.0513. The molecule has 2 aliphatic carbocycles. The molecule has 0 aromatic carbocycles. The van der Waals surface area contributed by atoms with Gasteiger partial charge in [0.15, 0.2) is 0 Å². The van der Waals surface area contributed by atoms with E-state index >= 15 is 0 Å². The molecule has 1 heteroatoms. The molecule has 0 saturated heterocycles. The molecule has 0 aromatic rings. The summed E-state index contributed by atoms with van der Waals surface area (Å²) in [7, 11) is 0. The summed E-state index contributed by atoms with van der Waals surface area (Å²) in [5, 5.41) is 3.76. The van der Waals surface area contributed by atoms with Gasteiger partial charge >= 0.3 is 0 Å². The summed E-state index contributed by atoms with van der Waals surface area (Å²) >= 11 is 0. The van der Waals surface area contributed by atoms with E-state index in [-0.39, 0.29) is 0 Å². The average Bonchev–Trinajstić information content (AvgIpc) is 2.40. The third-order valence-electron chi connectivity index (χ3n) is 6.21. The van der Waals surface area contributed by atoms with Crippen LogP contribution in [0.5, 0.6) is 0 Å². The molecule has 0 bridgehead atoms. The van der Waals surface area contributed by atoms with Gasteiger partial charge in [0, 0.05) is 0 Å². The molecule has 0 radical (unpaired) electrons. The molecule has 2 unspecified atom stereocenters. The van der Waals surface area contributed by atoms with Crippen molar-refractivity contribution in [2.75, 3.05) is 13.1 Å². The van der Waals surface area contributed by atoms with E-state index in [9.17, 15) is 0 Å². The minimum absolute atomic E-state index is 0.586. The van der Waals surface area contributed by atoms with Crippen molar-refractivity contribution < 1.29 is 0 Å². The van der Waals surface area contributed by atoms with Gasteiger partial charge < -0.3 is 5.32 Å². The third kappa shape index (κ3) is 5.27. The van der Waals surface area contributed by atoms with Gasteiger partial charge in [0.1, 0.15) is 0 Å². The van der Waals surface area contributed by atoms with Gasteiger partial charge in [0.25, 0.3) is 0 Å². The zero-order chi connectivity index (χ0) is 15.5. The maximum atomic E-state index is 3.76. The van der Waals surface area contributed by atoms with Gasteiger partial charge in [0.05, 0.1) is 0 Å². The Balaban J connectivity index is 1.93. The Kier molecular flexibility index (Phi) is 6.17. The average molecular weight is 294 g/mol. The predicted molar refractivity (Wildman–Crippen MR) is 93.4 cm³/mol. The van der Waals surface area contributed by atoms with Crippen LogP contribution < -0.4 is 5.32 Å². The van der Waals surface area contributed by atoms with Crippen molar-refractivity contribution in [1.82, 2.24) is 5.32 Å². The first kappa shape index (κ1) is 17.3. The summed E-state index contributed by atoms with van der Waals surface area (Å²) in [5.41, 5.74) is 0.586. The van der Waals surface area contributed by atoms with Crippen LogP contribution in [0.15, 0.2) is 0 Å². The fourth-order valence-corrected chi connectivity index (χ4v) is 4.77. The maximum absolute atomic E-state index is 3.76. The lowest BCUT2D eigenvalue weighted by Gasteiger charge is -2.46. The molecule has 2 saturated carbocycles. The van der Waals surface area contributed by atoms with Crippen molar-refractivity contribution >= 4 is 0 Å². The summed E-state index contributed by atoms with van der Waals surface area (Å²) in [5.74, 6) is 4.71. The van der Waals surface area contributed by atoms with Gasteiger partial charge in [0.2, 0.25) is 0 Å². The van der Waals surface area contributed by atoms with E-state index in [4.69, 9.17) is 0 Å². The summed E-state index contributed by atoms with van der Waals surface area (Å²) in [6, 6.07) is 0. The number of rotatable bonds is 5. The van der Waals surface area contributed by atoms with Crippen LogP contribution in [0, 0.1) is 35.0 Å². The first-order valence-corrected chi connectivity index (χ1v) is 9.58. The van der Waals surface area contributed by atoms with Gasteiger partial charge in [-0.15, -0.1) is 0 Å². The van der Waals surface area contributed by atoms with Crippen LogP contribution in [0.2, 0.25) is 0 Å². The molecular weight excluding hydrogens is 254 g/mol. The van der Waals surface area contributed by atoms with Crippen LogP contribution in [0.3, 0.4) is 0 Å². The molecule has 124 valence electrons. The van der Waals surface area contributed by atoms with E-state index in [0.29, 0.717) is 5.41 Å². The minimum atomic E-state index is 0.586. The molecule has 0 amide bonds. The maximum Gasteiger partial charge on any atom is -0.00176 e. The lowest BCUT2D eigenvalue weighted by atomic mass is 9.60. The topological polar surface area (TPSA) is 12.0 Å². The zero-order valence-electron chi connectivity index (χ0n) is 15.3. The Morgan fingerprint density at radius 1 is 1.05 bits per heavy atom. The second kappa shape index (κ2) is 7.49. The molecule has 2 fully saturated rings. The summed E-state index contributed by atoms with van der Waals surface area (Å²) in [6.07, 6.45) is 10.3. The van der Waals surface area contributed by atoms with Gasteiger partial charge in [-0.3, -0.25) is 0 Å². The van der Waals surface area contributed by atoms with E-state index in [2.05, 4.69) is 39.9 Å². The molecule has 2 atom stereocenters. The highest BCUT2D eigenvalue weighted by molar-refractivity contribution is 4.90. The fourth-order valence-electron chi connectivity index (χ4n) is 4.77. The second-order valence-electron chi connectivity index (χ2n) is 9.40. The molecule has 2 rings (SSSR count). The molecule has 1 nitrogen and oxygen atoms in total. The summed E-state index contributed by atoms with van der Waals surface area (Å²) < 4.78 is 0. The SMILES string of the molecule is CC(C)CNCC1CCC(C)(C)CC1C1CCC(C)CC1. The second-order valence-corrected chi connectivity index (χ2v) is 9.40. The van der Waals surface area contributed by atoms with E-state index in [1.807, 2.05) is 0 Å². The van der Waals surface area contributed by atoms with Gasteiger partial charge in [-0.25, -0.2) is 0 Å². The molecule has 0 aliphatic heterocycles. The summed E-state index contributed by atoms with van der Waals surface area (Å²) in [4.78, 5) is 0. The first-order chi connectivity index (χ1) is 9.87. The predicted octanol–water partition coefficient (Wildman–Crippen LogP) is 5.50. The van der Waals surface area contributed by atoms with Crippen molar-refractivity contribution in [3.63, 3.8) is 0 Å². The molecule has 0 spiro atoms. The first-order valence-electron chi connectivity index (χ1n) is 9.58. The molecule has 2 aliphatic rings. The molecule has 0 heterocycles. The highest BCUT2D eigenvalue weighted by atomic mass is 14.9. The van der Waals surface area contributed by atoms with E-state index in [1.165, 1.54) is 58.0 Å². The Bertz CT molecular complexity index is 299. The Morgan fingerprint density at radius 3 is 2.33 bits per heavy atom. The van der Waals surface area contributed by atoms with Crippen LogP contribution in [-0.2, 0) is 0 Å². The molecular formula is C20H39N. The van der Waals surface area contributed by atoms with Gasteiger partial charge in [-0.1, -0.05) is 47.5 Å². The normalized spacial score (nSPS) is 36.9. The van der Waals surface area contributed by atoms with Crippen molar-refractivity contribution in [3.8, 4) is 0 Å².